The third-order valence-electron chi connectivity index (χ3n) is 3.63. The molecule has 0 aliphatic heterocycles. The van der Waals surface area contributed by atoms with Crippen LogP contribution < -0.4 is 10.6 Å². The molecule has 0 unspecified atom stereocenters. The van der Waals surface area contributed by atoms with Gasteiger partial charge >= 0.3 is 6.09 Å². The number of non-ortho nitro benzene ring substituents is 1. The molecule has 2 N–H and O–H groups in total. The van der Waals surface area contributed by atoms with Gasteiger partial charge in [-0.3, -0.25) is 14.9 Å². The van der Waals surface area contributed by atoms with E-state index >= 15 is 0 Å². The normalized spacial score (nSPS) is 11.8. The number of nitro benzene ring substituents is 1. The molecule has 1 aromatic carbocycles. The lowest BCUT2D eigenvalue weighted by Crippen LogP contribution is -2.47. The fourth-order valence-electron chi connectivity index (χ4n) is 2.36. The molecule has 0 saturated heterocycles. The molecule has 1 aromatic heterocycles. The second-order valence-electron chi connectivity index (χ2n) is 5.64. The van der Waals surface area contributed by atoms with Crippen molar-refractivity contribution in [1.29, 1.82) is 0 Å². The van der Waals surface area contributed by atoms with Crippen LogP contribution in [0, 0.1) is 16.0 Å². The number of hydrogen-bond acceptors (Lipinski definition) is 6. The SMILES string of the molecule is COC(=O)N[C@H](C(=O)Nc1nccc2c([N+](=O)[O-])cccc12)C(C)C. The Balaban J connectivity index is 2.36. The van der Waals surface area contributed by atoms with Crippen LogP contribution in [-0.2, 0) is 9.53 Å². The zero-order valence-electron chi connectivity index (χ0n) is 14.0. The van der Waals surface area contributed by atoms with Crippen LogP contribution in [0.1, 0.15) is 13.8 Å². The molecule has 0 bridgehead atoms. The first-order chi connectivity index (χ1) is 11.8. The molecule has 0 spiro atoms. The third-order valence-corrected chi connectivity index (χ3v) is 3.63. The lowest BCUT2D eigenvalue weighted by Gasteiger charge is -2.21. The van der Waals surface area contributed by atoms with E-state index in [4.69, 9.17) is 0 Å². The van der Waals surface area contributed by atoms with Gasteiger partial charge in [0.2, 0.25) is 5.91 Å². The quantitative estimate of drug-likeness (QED) is 0.633. The fraction of sp³-hybridized carbons (Fsp3) is 0.312. The zero-order valence-corrected chi connectivity index (χ0v) is 14.0. The minimum absolute atomic E-state index is 0.0801. The first kappa shape index (κ1) is 18.1. The van der Waals surface area contributed by atoms with Crippen LogP contribution in [-0.4, -0.2) is 35.1 Å². The van der Waals surface area contributed by atoms with Gasteiger partial charge in [-0.2, -0.15) is 0 Å². The number of nitrogens with one attached hydrogen (secondary N) is 2. The maximum Gasteiger partial charge on any atom is 0.407 e. The molecule has 0 radical (unpaired) electrons. The van der Waals surface area contributed by atoms with Crippen molar-refractivity contribution in [2.45, 2.75) is 19.9 Å². The molecule has 1 atom stereocenters. The summed E-state index contributed by atoms with van der Waals surface area (Å²) in [7, 11) is 1.20. The molecule has 0 aliphatic rings. The van der Waals surface area contributed by atoms with Crippen LogP contribution in [0.5, 0.6) is 0 Å². The maximum atomic E-state index is 12.5. The summed E-state index contributed by atoms with van der Waals surface area (Å²) >= 11 is 0. The average molecular weight is 346 g/mol. The van der Waals surface area contributed by atoms with Gasteiger partial charge in [-0.1, -0.05) is 26.0 Å². The first-order valence-electron chi connectivity index (χ1n) is 7.52. The average Bonchev–Trinajstić information content (AvgIpc) is 2.58. The number of carbonyl (C=O) groups is 2. The van der Waals surface area contributed by atoms with Crippen molar-refractivity contribution in [2.24, 2.45) is 5.92 Å². The van der Waals surface area contributed by atoms with E-state index in [1.807, 2.05) is 0 Å². The van der Waals surface area contributed by atoms with Crippen molar-refractivity contribution >= 4 is 34.3 Å². The molecule has 0 aliphatic carbocycles. The number of pyridine rings is 1. The minimum atomic E-state index is -0.844. The number of amides is 2. The smallest absolute Gasteiger partial charge is 0.407 e. The largest absolute Gasteiger partial charge is 0.453 e. The molecule has 9 nitrogen and oxygen atoms in total. The van der Waals surface area contributed by atoms with E-state index in [-0.39, 0.29) is 17.4 Å². The molecule has 0 fully saturated rings. The Morgan fingerprint density at radius 3 is 2.56 bits per heavy atom. The maximum absolute atomic E-state index is 12.5. The minimum Gasteiger partial charge on any atom is -0.453 e. The van der Waals surface area contributed by atoms with E-state index in [1.54, 1.807) is 19.9 Å². The van der Waals surface area contributed by atoms with Crippen LogP contribution in [0.25, 0.3) is 10.8 Å². The van der Waals surface area contributed by atoms with Crippen molar-refractivity contribution in [3.63, 3.8) is 0 Å². The number of carbonyl (C=O) groups excluding carboxylic acids is 2. The summed E-state index contributed by atoms with van der Waals surface area (Å²) in [5.74, 6) is -0.515. The number of methoxy groups -OCH3 is 1. The lowest BCUT2D eigenvalue weighted by molar-refractivity contribution is -0.383. The third kappa shape index (κ3) is 4.00. The number of ether oxygens (including phenoxy) is 1. The zero-order chi connectivity index (χ0) is 18.6. The van der Waals surface area contributed by atoms with Crippen molar-refractivity contribution in [3.8, 4) is 0 Å². The van der Waals surface area contributed by atoms with Gasteiger partial charge in [0.25, 0.3) is 5.69 Å². The number of benzene rings is 1. The number of rotatable bonds is 5. The summed E-state index contributed by atoms with van der Waals surface area (Å²) in [4.78, 5) is 38.7. The highest BCUT2D eigenvalue weighted by Gasteiger charge is 2.25. The summed E-state index contributed by atoms with van der Waals surface area (Å²) in [6.07, 6.45) is 0.652. The van der Waals surface area contributed by atoms with Gasteiger partial charge < -0.3 is 15.4 Å². The number of hydrogen-bond donors (Lipinski definition) is 2. The van der Waals surface area contributed by atoms with Gasteiger partial charge in [-0.05, 0) is 12.0 Å². The molecule has 2 amide bonds. The van der Waals surface area contributed by atoms with E-state index in [1.165, 1.54) is 31.5 Å². The van der Waals surface area contributed by atoms with E-state index in [0.29, 0.717) is 10.8 Å². The van der Waals surface area contributed by atoms with Crippen molar-refractivity contribution in [3.05, 3.63) is 40.6 Å². The fourth-order valence-corrected chi connectivity index (χ4v) is 2.36. The van der Waals surface area contributed by atoms with Gasteiger partial charge in [-0.25, -0.2) is 9.78 Å². The number of alkyl carbamates (subject to hydrolysis) is 1. The van der Waals surface area contributed by atoms with Crippen LogP contribution in [0.2, 0.25) is 0 Å². The molecule has 0 saturated carbocycles. The van der Waals surface area contributed by atoms with Gasteiger partial charge in [0.1, 0.15) is 11.9 Å². The highest BCUT2D eigenvalue weighted by atomic mass is 16.6. The van der Waals surface area contributed by atoms with E-state index in [2.05, 4.69) is 20.4 Å². The number of anilines is 1. The standard InChI is InChI=1S/C16H18N4O5/c1-9(2)13(18-16(22)25-3)15(21)19-14-11-5-4-6-12(20(23)24)10(11)7-8-17-14/h4-9,13H,1-3H3,(H,18,22)(H,17,19,21)/t13-/m0/s1. The van der Waals surface area contributed by atoms with Crippen LogP contribution in [0.15, 0.2) is 30.5 Å². The molecule has 2 rings (SSSR count). The predicted octanol–water partition coefficient (Wildman–Crippen LogP) is 2.46. The van der Waals surface area contributed by atoms with Crippen molar-refractivity contribution in [1.82, 2.24) is 10.3 Å². The second kappa shape index (κ2) is 7.56. The Labute approximate surface area is 143 Å². The highest BCUT2D eigenvalue weighted by Crippen LogP contribution is 2.29. The number of nitro groups is 1. The Kier molecular flexibility index (Phi) is 5.48. The second-order valence-corrected chi connectivity index (χ2v) is 5.64. The van der Waals surface area contributed by atoms with E-state index in [9.17, 15) is 19.7 Å². The molecule has 25 heavy (non-hydrogen) atoms. The molecular weight excluding hydrogens is 328 g/mol. The van der Waals surface area contributed by atoms with E-state index < -0.39 is 23.0 Å². The Bertz CT molecular complexity index is 821. The highest BCUT2D eigenvalue weighted by molar-refractivity contribution is 6.05. The summed E-state index contributed by atoms with van der Waals surface area (Å²) in [5.41, 5.74) is -0.0801. The van der Waals surface area contributed by atoms with Crippen LogP contribution in [0.4, 0.5) is 16.3 Å². The Morgan fingerprint density at radius 1 is 1.24 bits per heavy atom. The predicted molar refractivity (Wildman–Crippen MR) is 91.2 cm³/mol. The monoisotopic (exact) mass is 346 g/mol. The lowest BCUT2D eigenvalue weighted by atomic mass is 10.0. The number of fused-ring (bicyclic) bond motifs is 1. The van der Waals surface area contributed by atoms with Crippen LogP contribution in [0.3, 0.4) is 0 Å². The van der Waals surface area contributed by atoms with Crippen molar-refractivity contribution in [2.75, 3.05) is 12.4 Å². The Morgan fingerprint density at radius 2 is 1.96 bits per heavy atom. The van der Waals surface area contributed by atoms with Gasteiger partial charge in [0, 0.05) is 17.6 Å². The van der Waals surface area contributed by atoms with Gasteiger partial charge in [0.05, 0.1) is 17.4 Å². The molecule has 1 heterocycles. The Hall–Kier alpha value is -3.23. The molecule has 2 aromatic rings. The van der Waals surface area contributed by atoms with Gasteiger partial charge in [0.15, 0.2) is 0 Å². The van der Waals surface area contributed by atoms with Crippen molar-refractivity contribution < 1.29 is 19.2 Å². The molecule has 132 valence electrons. The molecule has 9 heteroatoms. The number of nitrogens with zero attached hydrogens (tertiary/aromatic N) is 2. The summed E-state index contributed by atoms with van der Waals surface area (Å²) in [6.45, 7) is 3.53. The summed E-state index contributed by atoms with van der Waals surface area (Å²) in [6, 6.07) is 5.19. The van der Waals surface area contributed by atoms with Gasteiger partial charge in [-0.15, -0.1) is 0 Å². The molecular formula is C16H18N4O5. The van der Waals surface area contributed by atoms with Crippen LogP contribution >= 0.6 is 0 Å². The topological polar surface area (TPSA) is 123 Å². The van der Waals surface area contributed by atoms with E-state index in [0.717, 1.165) is 0 Å². The summed E-state index contributed by atoms with van der Waals surface area (Å²) < 4.78 is 4.52. The number of aromatic nitrogens is 1. The summed E-state index contributed by atoms with van der Waals surface area (Å²) in [5, 5.41) is 17.0. The first-order valence-corrected chi connectivity index (χ1v) is 7.52.